The average Bonchev–Trinajstić information content (AvgIpc) is 2.41. The number of hydrogen-bond donors (Lipinski definition) is 2. The number of nitrogens with one attached hydrogen (secondary N) is 1. The molecule has 0 unspecified atom stereocenters. The molecule has 0 radical (unpaired) electrons. The van der Waals surface area contributed by atoms with E-state index >= 15 is 0 Å². The highest BCUT2D eigenvalue weighted by molar-refractivity contribution is 9.10. The molecule has 1 aliphatic heterocycles. The summed E-state index contributed by atoms with van der Waals surface area (Å²) >= 11 is 3.27. The maximum atomic E-state index is 12.0. The van der Waals surface area contributed by atoms with Crippen LogP contribution in [0, 0.1) is 5.92 Å². The zero-order valence-corrected chi connectivity index (χ0v) is 11.8. The highest BCUT2D eigenvalue weighted by atomic mass is 79.9. The molecule has 0 atom stereocenters. The Balaban J connectivity index is 2.06. The first kappa shape index (κ1) is 14.0. The summed E-state index contributed by atoms with van der Waals surface area (Å²) in [5.41, 5.74) is 0.762. The van der Waals surface area contributed by atoms with E-state index in [1.165, 1.54) is 12.1 Å². The summed E-state index contributed by atoms with van der Waals surface area (Å²) in [5.74, 6) is -1.09. The predicted molar refractivity (Wildman–Crippen MR) is 73.3 cm³/mol. The van der Waals surface area contributed by atoms with E-state index in [9.17, 15) is 9.59 Å². The number of anilines is 1. The minimum absolute atomic E-state index is 0.0419. The van der Waals surface area contributed by atoms with Crippen LogP contribution < -0.4 is 5.32 Å². The number of benzene rings is 1. The minimum Gasteiger partial charge on any atom is -0.478 e. The lowest BCUT2D eigenvalue weighted by Gasteiger charge is -2.21. The van der Waals surface area contributed by atoms with Crippen molar-refractivity contribution in [2.75, 3.05) is 18.5 Å². The van der Waals surface area contributed by atoms with Gasteiger partial charge in [-0.1, -0.05) is 0 Å². The van der Waals surface area contributed by atoms with Gasteiger partial charge in [0.05, 0.1) is 11.3 Å². The number of carbonyl (C=O) groups is 2. The minimum atomic E-state index is -0.997. The second-order valence-electron chi connectivity index (χ2n) is 4.38. The van der Waals surface area contributed by atoms with Gasteiger partial charge >= 0.3 is 5.97 Å². The molecule has 0 aromatic heterocycles. The molecule has 19 heavy (non-hydrogen) atoms. The summed E-state index contributed by atoms with van der Waals surface area (Å²) in [6.45, 7) is 1.22. The molecule has 1 saturated heterocycles. The standard InChI is InChI=1S/C13H14BrNO4/c14-10-7-9(13(17)18)1-2-11(10)15-12(16)8-3-5-19-6-4-8/h1-2,7-8H,3-6H2,(H,15,16)(H,17,18). The topological polar surface area (TPSA) is 75.6 Å². The summed E-state index contributed by atoms with van der Waals surface area (Å²) < 4.78 is 5.77. The molecule has 1 aliphatic rings. The van der Waals surface area contributed by atoms with E-state index in [4.69, 9.17) is 9.84 Å². The Kier molecular flexibility index (Phi) is 4.55. The third-order valence-electron chi connectivity index (χ3n) is 3.07. The molecule has 1 heterocycles. The molecular formula is C13H14BrNO4. The van der Waals surface area contributed by atoms with Gasteiger partial charge in [0.15, 0.2) is 0 Å². The molecule has 1 aromatic rings. The third-order valence-corrected chi connectivity index (χ3v) is 3.72. The highest BCUT2D eigenvalue weighted by Crippen LogP contribution is 2.25. The fourth-order valence-electron chi connectivity index (χ4n) is 1.94. The lowest BCUT2D eigenvalue weighted by atomic mass is 9.99. The van der Waals surface area contributed by atoms with Crippen molar-refractivity contribution < 1.29 is 19.4 Å². The van der Waals surface area contributed by atoms with E-state index in [0.717, 1.165) is 12.8 Å². The van der Waals surface area contributed by atoms with Crippen LogP contribution in [-0.2, 0) is 9.53 Å². The Labute approximate surface area is 119 Å². The number of hydrogen-bond acceptors (Lipinski definition) is 3. The van der Waals surface area contributed by atoms with Crippen molar-refractivity contribution in [2.45, 2.75) is 12.8 Å². The van der Waals surface area contributed by atoms with Crippen molar-refractivity contribution in [2.24, 2.45) is 5.92 Å². The Morgan fingerprint density at radius 1 is 1.32 bits per heavy atom. The zero-order chi connectivity index (χ0) is 13.8. The van der Waals surface area contributed by atoms with Gasteiger partial charge in [0.1, 0.15) is 0 Å². The number of carbonyl (C=O) groups excluding carboxylic acids is 1. The van der Waals surface area contributed by atoms with E-state index in [0.29, 0.717) is 23.4 Å². The zero-order valence-electron chi connectivity index (χ0n) is 10.2. The van der Waals surface area contributed by atoms with Crippen LogP contribution in [0.1, 0.15) is 23.2 Å². The van der Waals surface area contributed by atoms with E-state index < -0.39 is 5.97 Å². The van der Waals surface area contributed by atoms with Crippen molar-refractivity contribution in [1.82, 2.24) is 0 Å². The van der Waals surface area contributed by atoms with Crippen LogP contribution in [0.5, 0.6) is 0 Å². The first-order valence-electron chi connectivity index (χ1n) is 5.99. The van der Waals surface area contributed by atoms with Gasteiger partial charge in [0, 0.05) is 23.6 Å². The van der Waals surface area contributed by atoms with E-state index in [1.807, 2.05) is 0 Å². The molecule has 0 saturated carbocycles. The lowest BCUT2D eigenvalue weighted by Crippen LogP contribution is -2.28. The highest BCUT2D eigenvalue weighted by Gasteiger charge is 2.22. The number of rotatable bonds is 3. The van der Waals surface area contributed by atoms with Crippen molar-refractivity contribution in [3.05, 3.63) is 28.2 Å². The first-order valence-corrected chi connectivity index (χ1v) is 6.78. The maximum Gasteiger partial charge on any atom is 0.335 e. The van der Waals surface area contributed by atoms with Crippen molar-refractivity contribution >= 4 is 33.5 Å². The summed E-state index contributed by atoms with van der Waals surface area (Å²) in [7, 11) is 0. The first-order chi connectivity index (χ1) is 9.08. The fraction of sp³-hybridized carbons (Fsp3) is 0.385. The molecule has 2 rings (SSSR count). The number of carboxylic acids is 1. The SMILES string of the molecule is O=C(O)c1ccc(NC(=O)C2CCOCC2)c(Br)c1. The van der Waals surface area contributed by atoms with Gasteiger partial charge in [-0.05, 0) is 47.0 Å². The Morgan fingerprint density at radius 2 is 2.00 bits per heavy atom. The van der Waals surface area contributed by atoms with Gasteiger partial charge in [0.2, 0.25) is 5.91 Å². The van der Waals surface area contributed by atoms with Crippen LogP contribution in [0.3, 0.4) is 0 Å². The third kappa shape index (κ3) is 3.54. The molecule has 1 fully saturated rings. The molecule has 1 amide bonds. The van der Waals surface area contributed by atoms with Gasteiger partial charge < -0.3 is 15.2 Å². The molecule has 0 spiro atoms. The Bertz CT molecular complexity index is 497. The fourth-order valence-corrected chi connectivity index (χ4v) is 2.42. The summed E-state index contributed by atoms with van der Waals surface area (Å²) in [4.78, 5) is 22.8. The Hall–Kier alpha value is -1.40. The van der Waals surface area contributed by atoms with Crippen LogP contribution in [0.2, 0.25) is 0 Å². The number of carboxylic acid groups (broad SMARTS) is 1. The lowest BCUT2D eigenvalue weighted by molar-refractivity contribution is -0.122. The molecule has 1 aromatic carbocycles. The second kappa shape index (κ2) is 6.16. The monoisotopic (exact) mass is 327 g/mol. The predicted octanol–water partition coefficient (Wildman–Crippen LogP) is 2.51. The number of ether oxygens (including phenoxy) is 1. The maximum absolute atomic E-state index is 12.0. The van der Waals surface area contributed by atoms with Gasteiger partial charge in [-0.15, -0.1) is 0 Å². The second-order valence-corrected chi connectivity index (χ2v) is 5.23. The van der Waals surface area contributed by atoms with E-state index in [-0.39, 0.29) is 17.4 Å². The van der Waals surface area contributed by atoms with Gasteiger partial charge in [-0.25, -0.2) is 4.79 Å². The molecule has 2 N–H and O–H groups in total. The van der Waals surface area contributed by atoms with E-state index in [1.54, 1.807) is 6.07 Å². The van der Waals surface area contributed by atoms with Crippen LogP contribution >= 0.6 is 15.9 Å². The van der Waals surface area contributed by atoms with Crippen LogP contribution in [-0.4, -0.2) is 30.2 Å². The van der Waals surface area contributed by atoms with Crippen LogP contribution in [0.25, 0.3) is 0 Å². The van der Waals surface area contributed by atoms with Crippen molar-refractivity contribution in [3.63, 3.8) is 0 Å². The molecular weight excluding hydrogens is 314 g/mol. The molecule has 102 valence electrons. The largest absolute Gasteiger partial charge is 0.478 e. The van der Waals surface area contributed by atoms with Gasteiger partial charge in [-0.3, -0.25) is 4.79 Å². The van der Waals surface area contributed by atoms with Crippen LogP contribution in [0.15, 0.2) is 22.7 Å². The van der Waals surface area contributed by atoms with Crippen LogP contribution in [0.4, 0.5) is 5.69 Å². The average molecular weight is 328 g/mol. The number of aromatic carboxylic acids is 1. The summed E-state index contributed by atoms with van der Waals surface area (Å²) in [6.07, 6.45) is 1.44. The quantitative estimate of drug-likeness (QED) is 0.894. The van der Waals surface area contributed by atoms with Gasteiger partial charge in [-0.2, -0.15) is 0 Å². The van der Waals surface area contributed by atoms with Crippen molar-refractivity contribution in [1.29, 1.82) is 0 Å². The van der Waals surface area contributed by atoms with Crippen molar-refractivity contribution in [3.8, 4) is 0 Å². The normalized spacial score (nSPS) is 16.1. The molecule has 0 bridgehead atoms. The Morgan fingerprint density at radius 3 is 2.58 bits per heavy atom. The number of halogens is 1. The summed E-state index contributed by atoms with van der Waals surface area (Å²) in [5, 5.41) is 11.7. The molecule has 5 nitrogen and oxygen atoms in total. The molecule has 0 aliphatic carbocycles. The summed E-state index contributed by atoms with van der Waals surface area (Å²) in [6, 6.07) is 4.53. The number of amides is 1. The molecule has 6 heteroatoms. The smallest absolute Gasteiger partial charge is 0.335 e. The van der Waals surface area contributed by atoms with Gasteiger partial charge in [0.25, 0.3) is 0 Å². The van der Waals surface area contributed by atoms with E-state index in [2.05, 4.69) is 21.2 Å².